The van der Waals surface area contributed by atoms with Gasteiger partial charge < -0.3 is 9.14 Å². The van der Waals surface area contributed by atoms with Gasteiger partial charge in [0.25, 0.3) is 0 Å². The van der Waals surface area contributed by atoms with Crippen LogP contribution in [0, 0.1) is 6.92 Å². The van der Waals surface area contributed by atoms with E-state index in [9.17, 15) is 4.79 Å². The molecule has 0 atom stereocenters. The fraction of sp³-hybridized carbons (Fsp3) is 0.214. The molecule has 0 radical (unpaired) electrons. The molecule has 0 N–H and O–H groups in total. The number of carbonyl (C=O) groups is 1. The highest BCUT2D eigenvalue weighted by molar-refractivity contribution is 9.10. The lowest BCUT2D eigenvalue weighted by Gasteiger charge is -2.04. The van der Waals surface area contributed by atoms with Crippen molar-refractivity contribution >= 4 is 38.6 Å². The first-order valence-electron chi connectivity index (χ1n) is 6.22. The number of nitrogens with zero attached hydrogens (tertiary/aromatic N) is 3. The number of carbonyl (C=O) groups excluding carboxylic acids is 1. The molecule has 3 aromatic rings. The number of esters is 1. The zero-order chi connectivity index (χ0) is 14.3. The molecule has 3 rings (SSSR count). The van der Waals surface area contributed by atoms with E-state index in [0.29, 0.717) is 17.8 Å². The lowest BCUT2D eigenvalue weighted by atomic mass is 10.3. The van der Waals surface area contributed by atoms with Gasteiger partial charge in [0.05, 0.1) is 28.9 Å². The third-order valence-electron chi connectivity index (χ3n) is 3.06. The van der Waals surface area contributed by atoms with E-state index in [1.807, 2.05) is 23.5 Å². The molecule has 20 heavy (non-hydrogen) atoms. The maximum atomic E-state index is 11.8. The van der Waals surface area contributed by atoms with Gasteiger partial charge in [0.2, 0.25) is 0 Å². The molecule has 0 aliphatic carbocycles. The molecular formula is C14H12BrN3O2. The number of aryl methyl sites for hydroxylation is 1. The molecule has 0 bridgehead atoms. The number of fused-ring (bicyclic) bond motifs is 3. The molecule has 0 spiro atoms. The number of pyridine rings is 1. The fourth-order valence-electron chi connectivity index (χ4n) is 2.17. The van der Waals surface area contributed by atoms with Crippen molar-refractivity contribution in [1.82, 2.24) is 14.4 Å². The molecule has 102 valence electrons. The summed E-state index contributed by atoms with van der Waals surface area (Å²) in [6, 6.07) is 5.56. The Bertz CT molecular complexity index is 826. The first-order chi connectivity index (χ1) is 9.60. The Morgan fingerprint density at radius 3 is 2.90 bits per heavy atom. The minimum atomic E-state index is -0.325. The minimum absolute atomic E-state index is 0.325. The predicted octanol–water partition coefficient (Wildman–Crippen LogP) is 3.13. The minimum Gasteiger partial charge on any atom is -0.462 e. The summed E-state index contributed by atoms with van der Waals surface area (Å²) in [5, 5.41) is 0. The zero-order valence-corrected chi connectivity index (χ0v) is 12.6. The highest BCUT2D eigenvalue weighted by Gasteiger charge is 2.14. The van der Waals surface area contributed by atoms with Gasteiger partial charge in [-0.2, -0.15) is 0 Å². The van der Waals surface area contributed by atoms with E-state index in [-0.39, 0.29) is 5.97 Å². The summed E-state index contributed by atoms with van der Waals surface area (Å²) in [6.45, 7) is 4.04. The topological polar surface area (TPSA) is 56.5 Å². The summed E-state index contributed by atoms with van der Waals surface area (Å²) >= 11 is 3.34. The van der Waals surface area contributed by atoms with Crippen LogP contribution < -0.4 is 0 Å². The molecule has 0 saturated carbocycles. The van der Waals surface area contributed by atoms with Crippen molar-refractivity contribution in [2.75, 3.05) is 6.61 Å². The Kier molecular flexibility index (Phi) is 3.17. The molecule has 0 aliphatic heterocycles. The largest absolute Gasteiger partial charge is 0.462 e. The standard InChI is InChI=1S/C14H12BrN3O2/c1-3-20-14(19)9-6-11-8(2)16-13-10(18(11)7-9)4-5-12(15)17-13/h4-7H,3H2,1-2H3. The van der Waals surface area contributed by atoms with Crippen LogP contribution in [0.4, 0.5) is 0 Å². The Labute approximate surface area is 123 Å². The Morgan fingerprint density at radius 1 is 1.35 bits per heavy atom. The molecular weight excluding hydrogens is 322 g/mol. The second-order valence-electron chi connectivity index (χ2n) is 4.38. The maximum Gasteiger partial charge on any atom is 0.339 e. The van der Waals surface area contributed by atoms with Gasteiger partial charge in [-0.25, -0.2) is 14.8 Å². The number of rotatable bonds is 2. The van der Waals surface area contributed by atoms with Crippen LogP contribution in [0.25, 0.3) is 16.7 Å². The van der Waals surface area contributed by atoms with Crippen LogP contribution in [-0.4, -0.2) is 26.9 Å². The first-order valence-corrected chi connectivity index (χ1v) is 7.01. The van der Waals surface area contributed by atoms with Crippen molar-refractivity contribution in [3.8, 4) is 0 Å². The van der Waals surface area contributed by atoms with Crippen molar-refractivity contribution < 1.29 is 9.53 Å². The number of halogens is 1. The smallest absolute Gasteiger partial charge is 0.339 e. The number of hydrogen-bond acceptors (Lipinski definition) is 4. The highest BCUT2D eigenvalue weighted by atomic mass is 79.9. The van der Waals surface area contributed by atoms with E-state index in [0.717, 1.165) is 21.3 Å². The van der Waals surface area contributed by atoms with E-state index in [1.165, 1.54) is 0 Å². The van der Waals surface area contributed by atoms with Gasteiger partial charge in [-0.1, -0.05) is 0 Å². The second kappa shape index (κ2) is 4.86. The maximum absolute atomic E-state index is 11.8. The van der Waals surface area contributed by atoms with E-state index in [1.54, 1.807) is 19.2 Å². The van der Waals surface area contributed by atoms with Gasteiger partial charge in [0.15, 0.2) is 5.65 Å². The lowest BCUT2D eigenvalue weighted by molar-refractivity contribution is 0.0526. The third kappa shape index (κ3) is 2.06. The summed E-state index contributed by atoms with van der Waals surface area (Å²) in [5.74, 6) is -0.325. The zero-order valence-electron chi connectivity index (χ0n) is 11.1. The van der Waals surface area contributed by atoms with Crippen molar-refractivity contribution in [2.45, 2.75) is 13.8 Å². The molecule has 0 saturated heterocycles. The Balaban J connectivity index is 2.29. The van der Waals surface area contributed by atoms with E-state index in [2.05, 4.69) is 25.9 Å². The van der Waals surface area contributed by atoms with Gasteiger partial charge in [-0.05, 0) is 48.0 Å². The summed E-state index contributed by atoms with van der Waals surface area (Å²) in [6.07, 6.45) is 1.76. The normalized spacial score (nSPS) is 11.2. The third-order valence-corrected chi connectivity index (χ3v) is 3.50. The highest BCUT2D eigenvalue weighted by Crippen LogP contribution is 2.21. The van der Waals surface area contributed by atoms with Crippen LogP contribution >= 0.6 is 15.9 Å². The van der Waals surface area contributed by atoms with Crippen LogP contribution in [0.15, 0.2) is 29.0 Å². The molecule has 0 unspecified atom stereocenters. The Morgan fingerprint density at radius 2 is 2.15 bits per heavy atom. The molecule has 0 aliphatic rings. The summed E-state index contributed by atoms with van der Waals surface area (Å²) < 4.78 is 7.68. The van der Waals surface area contributed by atoms with Crippen LogP contribution in [-0.2, 0) is 4.74 Å². The summed E-state index contributed by atoms with van der Waals surface area (Å²) in [5.41, 5.74) is 3.70. The van der Waals surface area contributed by atoms with E-state index < -0.39 is 0 Å². The number of hydrogen-bond donors (Lipinski definition) is 0. The molecule has 0 fully saturated rings. The molecule has 6 heteroatoms. The molecule has 3 heterocycles. The molecule has 0 amide bonds. The van der Waals surface area contributed by atoms with Crippen molar-refractivity contribution in [3.63, 3.8) is 0 Å². The average Bonchev–Trinajstić information content (AvgIpc) is 2.84. The quantitative estimate of drug-likeness (QED) is 0.534. The van der Waals surface area contributed by atoms with Crippen LogP contribution in [0.3, 0.4) is 0 Å². The average molecular weight is 334 g/mol. The van der Waals surface area contributed by atoms with Gasteiger partial charge >= 0.3 is 5.97 Å². The molecule has 0 aromatic carbocycles. The summed E-state index contributed by atoms with van der Waals surface area (Å²) in [7, 11) is 0. The van der Waals surface area contributed by atoms with Crippen LogP contribution in [0.2, 0.25) is 0 Å². The van der Waals surface area contributed by atoms with Crippen molar-refractivity contribution in [1.29, 1.82) is 0 Å². The predicted molar refractivity (Wildman–Crippen MR) is 78.9 cm³/mol. The van der Waals surface area contributed by atoms with Crippen molar-refractivity contribution in [3.05, 3.63) is 40.3 Å². The van der Waals surface area contributed by atoms with Crippen molar-refractivity contribution in [2.24, 2.45) is 0 Å². The number of aromatic nitrogens is 3. The van der Waals surface area contributed by atoms with Gasteiger partial charge in [-0.3, -0.25) is 0 Å². The molecule has 5 nitrogen and oxygen atoms in total. The van der Waals surface area contributed by atoms with E-state index in [4.69, 9.17) is 4.74 Å². The van der Waals surface area contributed by atoms with Gasteiger partial charge in [-0.15, -0.1) is 0 Å². The first kappa shape index (κ1) is 13.1. The van der Waals surface area contributed by atoms with Crippen LogP contribution in [0.5, 0.6) is 0 Å². The summed E-state index contributed by atoms with van der Waals surface area (Å²) in [4.78, 5) is 20.7. The van der Waals surface area contributed by atoms with Gasteiger partial charge in [0, 0.05) is 6.20 Å². The fourth-order valence-corrected chi connectivity index (χ4v) is 2.47. The number of ether oxygens (including phenoxy) is 1. The lowest BCUT2D eigenvalue weighted by Crippen LogP contribution is -2.02. The molecule has 3 aromatic heterocycles. The van der Waals surface area contributed by atoms with Crippen LogP contribution in [0.1, 0.15) is 23.0 Å². The Hall–Kier alpha value is -1.95. The second-order valence-corrected chi connectivity index (χ2v) is 5.19. The van der Waals surface area contributed by atoms with Gasteiger partial charge in [0.1, 0.15) is 4.60 Å². The van der Waals surface area contributed by atoms with E-state index >= 15 is 0 Å². The SMILES string of the molecule is CCOC(=O)c1cc2c(C)nc3nc(Br)ccc3n2c1. The monoisotopic (exact) mass is 333 g/mol.